The Hall–Kier alpha value is -3.06. The summed E-state index contributed by atoms with van der Waals surface area (Å²) in [5.74, 6) is 0. The number of rotatable bonds is 5. The van der Waals surface area contributed by atoms with Crippen LogP contribution in [0.5, 0.6) is 0 Å². The van der Waals surface area contributed by atoms with E-state index in [2.05, 4.69) is 20.7 Å². The molecule has 0 radical (unpaired) electrons. The van der Waals surface area contributed by atoms with Crippen LogP contribution in [0.1, 0.15) is 28.8 Å². The van der Waals surface area contributed by atoms with E-state index >= 15 is 0 Å². The monoisotopic (exact) mass is 476 g/mol. The maximum absolute atomic E-state index is 10.3. The summed E-state index contributed by atoms with van der Waals surface area (Å²) in [6.07, 6.45) is 0. The summed E-state index contributed by atoms with van der Waals surface area (Å²) >= 11 is 12.3. The number of nitrogens with zero attached hydrogens (tertiary/aromatic N) is 4. The van der Waals surface area contributed by atoms with Gasteiger partial charge in [-0.05, 0) is 41.5 Å². The molecular weight excluding hydrogens is 455 g/mol. The van der Waals surface area contributed by atoms with Crippen LogP contribution >= 0.6 is 23.2 Å². The molecule has 1 aliphatic rings. The summed E-state index contributed by atoms with van der Waals surface area (Å²) in [5, 5.41) is 21.2. The molecule has 33 heavy (non-hydrogen) atoms. The number of aliphatic hydroxyl groups is 1. The smallest absolute Gasteiger partial charge is 0.187 e. The number of nitriles is 1. The lowest BCUT2D eigenvalue weighted by Gasteiger charge is -2.46. The summed E-state index contributed by atoms with van der Waals surface area (Å²) < 4.78 is 0. The maximum Gasteiger partial charge on any atom is 0.187 e. The molecule has 1 aliphatic heterocycles. The molecule has 0 bridgehead atoms. The van der Waals surface area contributed by atoms with Crippen molar-refractivity contribution in [3.05, 3.63) is 105 Å². The molecule has 3 aromatic carbocycles. The van der Waals surface area contributed by atoms with Crippen LogP contribution in [0.3, 0.4) is 0 Å². The summed E-state index contributed by atoms with van der Waals surface area (Å²) in [5.41, 5.74) is 3.98. The molecule has 4 rings (SSSR count). The minimum Gasteiger partial charge on any atom is -0.394 e. The number of hydrogen-bond donors (Lipinski definition) is 1. The van der Waals surface area contributed by atoms with E-state index in [9.17, 15) is 10.4 Å². The van der Waals surface area contributed by atoms with Gasteiger partial charge in [-0.1, -0.05) is 59.6 Å². The molecular formula is C26H22Cl2N4O. The highest BCUT2D eigenvalue weighted by atomic mass is 35.5. The molecule has 166 valence electrons. The highest BCUT2D eigenvalue weighted by Crippen LogP contribution is 2.37. The minimum absolute atomic E-state index is 0.0326. The second-order valence-corrected chi connectivity index (χ2v) is 8.80. The molecule has 0 saturated carbocycles. The fourth-order valence-corrected chi connectivity index (χ4v) is 4.69. The van der Waals surface area contributed by atoms with E-state index < -0.39 is 0 Å². The molecule has 0 aliphatic carbocycles. The van der Waals surface area contributed by atoms with Gasteiger partial charge in [0.1, 0.15) is 6.07 Å². The van der Waals surface area contributed by atoms with Crippen LogP contribution in [0.15, 0.2) is 66.7 Å². The number of anilines is 1. The van der Waals surface area contributed by atoms with Crippen LogP contribution in [0, 0.1) is 17.9 Å². The second-order valence-electron chi connectivity index (χ2n) is 7.93. The van der Waals surface area contributed by atoms with Crippen molar-refractivity contribution in [2.75, 3.05) is 31.1 Å². The Balaban J connectivity index is 1.69. The molecule has 0 unspecified atom stereocenters. The van der Waals surface area contributed by atoms with Crippen molar-refractivity contribution in [1.82, 2.24) is 4.90 Å². The normalized spacial score (nSPS) is 17.2. The average molecular weight is 477 g/mol. The fraction of sp³-hybridized carbons (Fsp3) is 0.231. The molecule has 1 N–H and O–H groups in total. The van der Waals surface area contributed by atoms with Crippen LogP contribution in [-0.2, 0) is 0 Å². The molecule has 7 heteroatoms. The highest BCUT2D eigenvalue weighted by molar-refractivity contribution is 6.31. The Kier molecular flexibility index (Phi) is 7.18. The van der Waals surface area contributed by atoms with Gasteiger partial charge < -0.3 is 10.0 Å². The third-order valence-corrected chi connectivity index (χ3v) is 6.56. The molecule has 1 fully saturated rings. The molecule has 5 nitrogen and oxygen atoms in total. The summed E-state index contributed by atoms with van der Waals surface area (Å²) in [4.78, 5) is 7.94. The summed E-state index contributed by atoms with van der Waals surface area (Å²) in [6, 6.07) is 22.5. The van der Waals surface area contributed by atoms with Crippen molar-refractivity contribution >= 4 is 34.6 Å². The van der Waals surface area contributed by atoms with Gasteiger partial charge >= 0.3 is 0 Å². The number of halogens is 2. The van der Waals surface area contributed by atoms with E-state index in [-0.39, 0.29) is 18.7 Å². The zero-order chi connectivity index (χ0) is 23.4. The number of hydrogen-bond acceptors (Lipinski definition) is 4. The maximum atomic E-state index is 10.3. The molecule has 0 spiro atoms. The van der Waals surface area contributed by atoms with Crippen molar-refractivity contribution in [3.8, 4) is 6.07 Å². The van der Waals surface area contributed by atoms with Gasteiger partial charge in [0.15, 0.2) is 5.69 Å². The van der Waals surface area contributed by atoms with Gasteiger partial charge in [0.2, 0.25) is 0 Å². The lowest BCUT2D eigenvalue weighted by atomic mass is 9.97. The molecule has 1 saturated heterocycles. The van der Waals surface area contributed by atoms with Gasteiger partial charge in [0.25, 0.3) is 0 Å². The predicted octanol–water partition coefficient (Wildman–Crippen LogP) is 6.01. The Morgan fingerprint density at radius 3 is 2.36 bits per heavy atom. The highest BCUT2D eigenvalue weighted by Gasteiger charge is 2.33. The van der Waals surface area contributed by atoms with E-state index in [0.29, 0.717) is 40.9 Å². The van der Waals surface area contributed by atoms with Gasteiger partial charge in [-0.15, -0.1) is 0 Å². The minimum atomic E-state index is -0.192. The van der Waals surface area contributed by atoms with Crippen LogP contribution in [0.2, 0.25) is 10.0 Å². The van der Waals surface area contributed by atoms with Crippen molar-refractivity contribution in [2.45, 2.75) is 12.1 Å². The Morgan fingerprint density at radius 2 is 1.73 bits per heavy atom. The van der Waals surface area contributed by atoms with Crippen molar-refractivity contribution in [2.24, 2.45) is 0 Å². The van der Waals surface area contributed by atoms with E-state index in [1.165, 1.54) is 0 Å². The average Bonchev–Trinajstić information content (AvgIpc) is 2.85. The van der Waals surface area contributed by atoms with Crippen LogP contribution < -0.4 is 4.90 Å². The zero-order valence-corrected chi connectivity index (χ0v) is 19.3. The first-order valence-electron chi connectivity index (χ1n) is 10.6. The van der Waals surface area contributed by atoms with Crippen molar-refractivity contribution in [1.29, 1.82) is 5.26 Å². The Morgan fingerprint density at radius 1 is 1.03 bits per heavy atom. The molecule has 2 atom stereocenters. The number of piperazine rings is 1. The zero-order valence-electron chi connectivity index (χ0n) is 17.8. The van der Waals surface area contributed by atoms with Crippen LogP contribution in [-0.4, -0.2) is 36.2 Å². The topological polar surface area (TPSA) is 54.9 Å². The molecule has 0 amide bonds. The lowest BCUT2D eigenvalue weighted by Crippen LogP contribution is -2.50. The van der Waals surface area contributed by atoms with Gasteiger partial charge in [0, 0.05) is 29.7 Å². The fourth-order valence-electron chi connectivity index (χ4n) is 4.40. The van der Waals surface area contributed by atoms with E-state index in [1.807, 2.05) is 42.5 Å². The largest absolute Gasteiger partial charge is 0.394 e. The third-order valence-electron chi connectivity index (χ3n) is 6.08. The van der Waals surface area contributed by atoms with Gasteiger partial charge in [-0.25, -0.2) is 4.85 Å². The number of aliphatic hydroxyl groups excluding tert-OH is 1. The van der Waals surface area contributed by atoms with E-state index in [1.54, 1.807) is 24.3 Å². The molecule has 3 aromatic rings. The third kappa shape index (κ3) is 4.98. The Bertz CT molecular complexity index is 1200. The van der Waals surface area contributed by atoms with Gasteiger partial charge in [-0.3, -0.25) is 4.90 Å². The molecule has 0 aromatic heterocycles. The van der Waals surface area contributed by atoms with E-state index in [0.717, 1.165) is 16.8 Å². The van der Waals surface area contributed by atoms with Crippen LogP contribution in [0.25, 0.3) is 4.85 Å². The Labute approximate surface area is 203 Å². The van der Waals surface area contributed by atoms with Crippen molar-refractivity contribution < 1.29 is 5.11 Å². The summed E-state index contributed by atoms with van der Waals surface area (Å²) in [6.45, 7) is 9.15. The van der Waals surface area contributed by atoms with Crippen molar-refractivity contribution in [3.63, 3.8) is 0 Å². The molecule has 1 heterocycles. The van der Waals surface area contributed by atoms with Gasteiger partial charge in [-0.2, -0.15) is 5.26 Å². The first kappa shape index (κ1) is 23.1. The standard InChI is InChI=1S/C26H22Cl2N4O/c1-30-23-9-4-19(5-10-23)26(17-33)31-12-13-32(24-11-8-22(28)14-20(24)15-29)25(16-31)18-2-6-21(27)7-3-18/h2-11,14,25-26,33H,12-13,16-17H2/t25-,26-/m0/s1. The first-order valence-corrected chi connectivity index (χ1v) is 11.3. The van der Waals surface area contributed by atoms with Gasteiger partial charge in [0.05, 0.1) is 36.5 Å². The number of benzene rings is 3. The lowest BCUT2D eigenvalue weighted by molar-refractivity contribution is 0.103. The predicted molar refractivity (Wildman–Crippen MR) is 132 cm³/mol. The second kappa shape index (κ2) is 10.3. The van der Waals surface area contributed by atoms with E-state index in [4.69, 9.17) is 29.8 Å². The summed E-state index contributed by atoms with van der Waals surface area (Å²) in [7, 11) is 0. The first-order chi connectivity index (χ1) is 16.0. The SMILES string of the molecule is [C-]#[N+]c1ccc([C@H](CO)N2CCN(c3ccc(Cl)cc3C#N)[C@H](c3ccc(Cl)cc3)C2)cc1. The quantitative estimate of drug-likeness (QED) is 0.457. The van der Waals surface area contributed by atoms with Crippen LogP contribution in [0.4, 0.5) is 11.4 Å².